The lowest BCUT2D eigenvalue weighted by atomic mass is 10.1. The lowest BCUT2D eigenvalue weighted by Crippen LogP contribution is -2.36. The summed E-state index contributed by atoms with van der Waals surface area (Å²) in [4.78, 5) is 25.4. The topological polar surface area (TPSA) is 65.1 Å². The van der Waals surface area contributed by atoms with E-state index in [0.29, 0.717) is 24.6 Å². The standard InChI is InChI=1S/C18H25NO5/c1-6-19(12-13(2)18(21)24-5)17(20)10-8-14-7-9-15(22-3)11-16(14)23-4/h7-11,13H,6,12H2,1-5H3/b10-8+. The average molecular weight is 335 g/mol. The van der Waals surface area contributed by atoms with E-state index in [0.717, 1.165) is 5.56 Å². The summed E-state index contributed by atoms with van der Waals surface area (Å²) in [7, 11) is 4.48. The molecule has 0 bridgehead atoms. The maximum atomic E-state index is 12.3. The molecule has 6 nitrogen and oxygen atoms in total. The van der Waals surface area contributed by atoms with E-state index < -0.39 is 0 Å². The van der Waals surface area contributed by atoms with Crippen molar-refractivity contribution in [3.8, 4) is 11.5 Å². The van der Waals surface area contributed by atoms with Gasteiger partial charge in [0.25, 0.3) is 0 Å². The molecule has 0 N–H and O–H groups in total. The lowest BCUT2D eigenvalue weighted by molar-refractivity contribution is -0.146. The molecule has 1 aromatic rings. The maximum absolute atomic E-state index is 12.3. The van der Waals surface area contributed by atoms with Gasteiger partial charge in [0.2, 0.25) is 5.91 Å². The van der Waals surface area contributed by atoms with Crippen molar-refractivity contribution in [3.05, 3.63) is 29.8 Å². The molecule has 0 aliphatic heterocycles. The minimum atomic E-state index is -0.372. The number of hydrogen-bond acceptors (Lipinski definition) is 5. The van der Waals surface area contributed by atoms with Gasteiger partial charge in [0.1, 0.15) is 11.5 Å². The molecule has 0 spiro atoms. The number of methoxy groups -OCH3 is 3. The second kappa shape index (κ2) is 9.60. The Morgan fingerprint density at radius 2 is 1.92 bits per heavy atom. The zero-order valence-corrected chi connectivity index (χ0v) is 14.9. The van der Waals surface area contributed by atoms with Gasteiger partial charge in [-0.2, -0.15) is 0 Å². The summed E-state index contributed by atoms with van der Waals surface area (Å²) in [5, 5.41) is 0. The fourth-order valence-electron chi connectivity index (χ4n) is 2.20. The number of esters is 1. The molecule has 0 fully saturated rings. The number of nitrogens with zero attached hydrogens (tertiary/aromatic N) is 1. The van der Waals surface area contributed by atoms with E-state index in [4.69, 9.17) is 14.2 Å². The molecule has 0 saturated heterocycles. The molecule has 0 saturated carbocycles. The highest BCUT2D eigenvalue weighted by atomic mass is 16.5. The third-order valence-electron chi connectivity index (χ3n) is 3.64. The van der Waals surface area contributed by atoms with Crippen molar-refractivity contribution >= 4 is 18.0 Å². The van der Waals surface area contributed by atoms with E-state index in [-0.39, 0.29) is 17.8 Å². The first-order valence-electron chi connectivity index (χ1n) is 7.73. The van der Waals surface area contributed by atoms with Gasteiger partial charge in [-0.25, -0.2) is 0 Å². The number of rotatable bonds is 8. The minimum absolute atomic E-state index is 0.175. The maximum Gasteiger partial charge on any atom is 0.310 e. The summed E-state index contributed by atoms with van der Waals surface area (Å²) in [6, 6.07) is 5.36. The van der Waals surface area contributed by atoms with Gasteiger partial charge in [0.15, 0.2) is 0 Å². The zero-order valence-electron chi connectivity index (χ0n) is 14.9. The van der Waals surface area contributed by atoms with Crippen LogP contribution in [-0.4, -0.2) is 51.2 Å². The van der Waals surface area contributed by atoms with Gasteiger partial charge in [-0.3, -0.25) is 9.59 Å². The van der Waals surface area contributed by atoms with E-state index in [1.807, 2.05) is 13.0 Å². The van der Waals surface area contributed by atoms with Crippen LogP contribution in [0.25, 0.3) is 6.08 Å². The quantitative estimate of drug-likeness (QED) is 0.539. The highest BCUT2D eigenvalue weighted by Gasteiger charge is 2.19. The molecule has 0 aliphatic carbocycles. The summed E-state index contributed by atoms with van der Waals surface area (Å²) in [5.74, 6) is 0.415. The summed E-state index contributed by atoms with van der Waals surface area (Å²) < 4.78 is 15.1. The van der Waals surface area contributed by atoms with Crippen LogP contribution >= 0.6 is 0 Å². The van der Waals surface area contributed by atoms with E-state index in [2.05, 4.69) is 0 Å². The van der Waals surface area contributed by atoms with Crippen LogP contribution in [-0.2, 0) is 14.3 Å². The molecule has 1 atom stereocenters. The lowest BCUT2D eigenvalue weighted by Gasteiger charge is -2.22. The summed E-state index contributed by atoms with van der Waals surface area (Å²) in [6.45, 7) is 4.41. The molecule has 6 heteroatoms. The number of ether oxygens (including phenoxy) is 3. The van der Waals surface area contributed by atoms with Gasteiger partial charge in [0, 0.05) is 30.8 Å². The summed E-state index contributed by atoms with van der Waals surface area (Å²) in [6.07, 6.45) is 3.16. The Morgan fingerprint density at radius 3 is 2.46 bits per heavy atom. The van der Waals surface area contributed by atoms with Crippen LogP contribution in [0.2, 0.25) is 0 Å². The summed E-state index contributed by atoms with van der Waals surface area (Å²) >= 11 is 0. The molecular formula is C18H25NO5. The van der Waals surface area contributed by atoms with E-state index in [1.165, 1.54) is 13.2 Å². The molecule has 0 heterocycles. The predicted molar refractivity (Wildman–Crippen MR) is 92.0 cm³/mol. The number of carbonyl (C=O) groups excluding carboxylic acids is 2. The van der Waals surface area contributed by atoms with Crippen molar-refractivity contribution in [2.75, 3.05) is 34.4 Å². The predicted octanol–water partition coefficient (Wildman–Crippen LogP) is 2.37. The van der Waals surface area contributed by atoms with Crippen molar-refractivity contribution in [1.29, 1.82) is 0 Å². The van der Waals surface area contributed by atoms with Crippen molar-refractivity contribution in [2.24, 2.45) is 5.92 Å². The molecule has 24 heavy (non-hydrogen) atoms. The highest BCUT2D eigenvalue weighted by molar-refractivity contribution is 5.92. The van der Waals surface area contributed by atoms with Gasteiger partial charge in [-0.1, -0.05) is 6.92 Å². The second-order valence-corrected chi connectivity index (χ2v) is 5.24. The highest BCUT2D eigenvalue weighted by Crippen LogP contribution is 2.25. The smallest absolute Gasteiger partial charge is 0.310 e. The molecule has 0 aliphatic rings. The van der Waals surface area contributed by atoms with Crippen molar-refractivity contribution in [3.63, 3.8) is 0 Å². The normalized spacial score (nSPS) is 11.9. The molecule has 132 valence electrons. The number of carbonyl (C=O) groups is 2. The van der Waals surface area contributed by atoms with E-state index in [1.54, 1.807) is 44.3 Å². The Hall–Kier alpha value is -2.50. The van der Waals surface area contributed by atoms with Crippen LogP contribution in [0.5, 0.6) is 11.5 Å². The van der Waals surface area contributed by atoms with Crippen molar-refractivity contribution in [1.82, 2.24) is 4.90 Å². The largest absolute Gasteiger partial charge is 0.497 e. The van der Waals surface area contributed by atoms with Crippen molar-refractivity contribution < 1.29 is 23.8 Å². The first-order valence-corrected chi connectivity index (χ1v) is 7.73. The Bertz CT molecular complexity index is 597. The molecule has 1 unspecified atom stereocenters. The molecule has 1 amide bonds. The minimum Gasteiger partial charge on any atom is -0.497 e. The van der Waals surface area contributed by atoms with E-state index >= 15 is 0 Å². The zero-order chi connectivity index (χ0) is 18.1. The Balaban J connectivity index is 2.84. The first kappa shape index (κ1) is 19.5. The Morgan fingerprint density at radius 1 is 1.21 bits per heavy atom. The van der Waals surface area contributed by atoms with Gasteiger partial charge in [-0.15, -0.1) is 0 Å². The average Bonchev–Trinajstić information content (AvgIpc) is 2.62. The number of amides is 1. The number of likely N-dealkylation sites (N-methyl/N-ethyl adjacent to an activating group) is 1. The van der Waals surface area contributed by atoms with Gasteiger partial charge in [-0.05, 0) is 25.1 Å². The van der Waals surface area contributed by atoms with Crippen LogP contribution in [0, 0.1) is 5.92 Å². The van der Waals surface area contributed by atoms with Crippen LogP contribution in [0.1, 0.15) is 19.4 Å². The van der Waals surface area contributed by atoms with Crippen LogP contribution in [0.4, 0.5) is 0 Å². The third-order valence-corrected chi connectivity index (χ3v) is 3.64. The van der Waals surface area contributed by atoms with Gasteiger partial charge >= 0.3 is 5.97 Å². The molecule has 1 rings (SSSR count). The van der Waals surface area contributed by atoms with Crippen LogP contribution in [0.15, 0.2) is 24.3 Å². The van der Waals surface area contributed by atoms with Gasteiger partial charge < -0.3 is 19.1 Å². The van der Waals surface area contributed by atoms with Crippen LogP contribution in [0.3, 0.4) is 0 Å². The fourth-order valence-corrected chi connectivity index (χ4v) is 2.20. The molecule has 1 aromatic carbocycles. The van der Waals surface area contributed by atoms with Gasteiger partial charge in [0.05, 0.1) is 27.2 Å². The second-order valence-electron chi connectivity index (χ2n) is 5.24. The Kier molecular flexibility index (Phi) is 7.82. The summed E-state index contributed by atoms with van der Waals surface area (Å²) in [5.41, 5.74) is 0.767. The SMILES string of the molecule is CCN(CC(C)C(=O)OC)C(=O)/C=C/c1ccc(OC)cc1OC. The molecule has 0 aromatic heterocycles. The Labute approximate surface area is 143 Å². The molecule has 0 radical (unpaired) electrons. The van der Waals surface area contributed by atoms with Crippen LogP contribution < -0.4 is 9.47 Å². The molecular weight excluding hydrogens is 310 g/mol. The monoisotopic (exact) mass is 335 g/mol. The van der Waals surface area contributed by atoms with E-state index in [9.17, 15) is 9.59 Å². The fraction of sp³-hybridized carbons (Fsp3) is 0.444. The number of hydrogen-bond donors (Lipinski definition) is 0. The first-order chi connectivity index (χ1) is 11.5. The van der Waals surface area contributed by atoms with Crippen molar-refractivity contribution in [2.45, 2.75) is 13.8 Å². The number of benzene rings is 1. The third kappa shape index (κ3) is 5.30.